The van der Waals surface area contributed by atoms with Crippen molar-refractivity contribution in [2.75, 3.05) is 6.54 Å². The summed E-state index contributed by atoms with van der Waals surface area (Å²) in [6.45, 7) is 6.05. The number of phenols is 1. The summed E-state index contributed by atoms with van der Waals surface area (Å²) in [6.07, 6.45) is 0.797. The molecule has 1 rings (SSSR count). The van der Waals surface area contributed by atoms with E-state index < -0.39 is 27.3 Å². The van der Waals surface area contributed by atoms with Crippen molar-refractivity contribution in [3.63, 3.8) is 0 Å². The third kappa shape index (κ3) is 3.94. The van der Waals surface area contributed by atoms with Gasteiger partial charge in [0.15, 0.2) is 0 Å². The van der Waals surface area contributed by atoms with Crippen molar-refractivity contribution in [3.05, 3.63) is 23.8 Å². The third-order valence-corrected chi connectivity index (χ3v) is 4.61. The lowest BCUT2D eigenvalue weighted by molar-refractivity contribution is 0.0693. The van der Waals surface area contributed by atoms with Gasteiger partial charge in [0.25, 0.3) is 0 Å². The molecule has 6 nitrogen and oxygen atoms in total. The Balaban J connectivity index is 3.05. The molecule has 0 aromatic heterocycles. The van der Waals surface area contributed by atoms with Crippen LogP contribution in [0.25, 0.3) is 0 Å². The van der Waals surface area contributed by atoms with Gasteiger partial charge in [-0.15, -0.1) is 0 Å². The first-order valence-corrected chi connectivity index (χ1v) is 7.63. The Morgan fingerprint density at radius 2 is 1.95 bits per heavy atom. The lowest BCUT2D eigenvalue weighted by atomic mass is 9.91. The molecular formula is C13H19NO5S. The number of aromatic hydroxyl groups is 1. The summed E-state index contributed by atoms with van der Waals surface area (Å²) in [6, 6.07) is 3.17. The Kier molecular flexibility index (Phi) is 4.77. The van der Waals surface area contributed by atoms with Crippen LogP contribution in [0.5, 0.6) is 5.75 Å². The number of benzene rings is 1. The minimum atomic E-state index is -3.80. The molecule has 0 aliphatic rings. The molecule has 0 radical (unpaired) electrons. The summed E-state index contributed by atoms with van der Waals surface area (Å²) in [5.41, 5.74) is -0.637. The van der Waals surface area contributed by atoms with Crippen LogP contribution >= 0.6 is 0 Å². The van der Waals surface area contributed by atoms with Gasteiger partial charge in [-0.25, -0.2) is 17.9 Å². The maximum atomic E-state index is 12.1. The lowest BCUT2D eigenvalue weighted by Gasteiger charge is -2.22. The van der Waals surface area contributed by atoms with Gasteiger partial charge < -0.3 is 10.2 Å². The Bertz CT molecular complexity index is 607. The van der Waals surface area contributed by atoms with Crippen LogP contribution in [0.2, 0.25) is 0 Å². The predicted octanol–water partition coefficient (Wildman–Crippen LogP) is 1.80. The van der Waals surface area contributed by atoms with E-state index in [1.807, 2.05) is 20.8 Å². The SMILES string of the molecule is CCC(C)(C)CNS(=O)(=O)c1ccc(O)c(C(=O)O)c1. The summed E-state index contributed by atoms with van der Waals surface area (Å²) >= 11 is 0. The maximum Gasteiger partial charge on any atom is 0.339 e. The number of carboxylic acid groups (broad SMARTS) is 1. The minimum absolute atomic E-state index is 0.181. The highest BCUT2D eigenvalue weighted by molar-refractivity contribution is 7.89. The summed E-state index contributed by atoms with van der Waals surface area (Å²) < 4.78 is 26.6. The fourth-order valence-corrected chi connectivity index (χ4v) is 2.62. The van der Waals surface area contributed by atoms with Crippen molar-refractivity contribution in [3.8, 4) is 5.75 Å². The first-order chi connectivity index (χ1) is 9.09. The number of sulfonamides is 1. The van der Waals surface area contributed by atoms with Gasteiger partial charge in [-0.1, -0.05) is 20.8 Å². The average molecular weight is 301 g/mol. The molecule has 0 saturated heterocycles. The first-order valence-electron chi connectivity index (χ1n) is 6.15. The van der Waals surface area contributed by atoms with Gasteiger partial charge in [0.05, 0.1) is 4.90 Å². The molecule has 20 heavy (non-hydrogen) atoms. The molecule has 0 bridgehead atoms. The van der Waals surface area contributed by atoms with Crippen molar-refractivity contribution in [2.24, 2.45) is 5.41 Å². The fraction of sp³-hybridized carbons (Fsp3) is 0.462. The normalized spacial score (nSPS) is 12.3. The molecule has 0 amide bonds. The number of aromatic carboxylic acids is 1. The van der Waals surface area contributed by atoms with E-state index in [0.29, 0.717) is 0 Å². The van der Waals surface area contributed by atoms with Crippen LogP contribution in [-0.2, 0) is 10.0 Å². The monoisotopic (exact) mass is 301 g/mol. The summed E-state index contributed by atoms with van der Waals surface area (Å²) in [4.78, 5) is 10.7. The van der Waals surface area contributed by atoms with Crippen molar-refractivity contribution in [2.45, 2.75) is 32.1 Å². The Labute approximate surface area is 118 Å². The van der Waals surface area contributed by atoms with Crippen molar-refractivity contribution in [1.82, 2.24) is 4.72 Å². The number of carbonyl (C=O) groups is 1. The van der Waals surface area contributed by atoms with Crippen molar-refractivity contribution >= 4 is 16.0 Å². The number of carboxylic acids is 1. The Morgan fingerprint density at radius 1 is 1.35 bits per heavy atom. The minimum Gasteiger partial charge on any atom is -0.507 e. The molecule has 0 aliphatic carbocycles. The van der Waals surface area contributed by atoms with E-state index in [4.69, 9.17) is 5.11 Å². The Hall–Kier alpha value is -1.60. The smallest absolute Gasteiger partial charge is 0.339 e. The Morgan fingerprint density at radius 3 is 2.45 bits per heavy atom. The van der Waals surface area contributed by atoms with Gasteiger partial charge in [0.1, 0.15) is 11.3 Å². The third-order valence-electron chi connectivity index (χ3n) is 3.21. The number of rotatable bonds is 6. The topological polar surface area (TPSA) is 104 Å². The average Bonchev–Trinajstić information content (AvgIpc) is 2.36. The van der Waals surface area contributed by atoms with Gasteiger partial charge in [0, 0.05) is 6.54 Å². The van der Waals surface area contributed by atoms with E-state index in [1.54, 1.807) is 0 Å². The van der Waals surface area contributed by atoms with Crippen molar-refractivity contribution < 1.29 is 23.4 Å². The van der Waals surface area contributed by atoms with Crippen LogP contribution in [0.3, 0.4) is 0 Å². The van der Waals surface area contributed by atoms with Crippen LogP contribution in [0.15, 0.2) is 23.1 Å². The molecular weight excluding hydrogens is 282 g/mol. The molecule has 0 atom stereocenters. The zero-order valence-corrected chi connectivity index (χ0v) is 12.5. The highest BCUT2D eigenvalue weighted by atomic mass is 32.2. The molecule has 0 spiro atoms. The molecule has 0 fully saturated rings. The predicted molar refractivity (Wildman–Crippen MR) is 74.3 cm³/mol. The maximum absolute atomic E-state index is 12.1. The van der Waals surface area contributed by atoms with E-state index >= 15 is 0 Å². The molecule has 0 aliphatic heterocycles. The zero-order valence-electron chi connectivity index (χ0n) is 11.7. The number of hydrogen-bond acceptors (Lipinski definition) is 4. The molecule has 1 aromatic rings. The number of nitrogens with one attached hydrogen (secondary N) is 1. The van der Waals surface area contributed by atoms with Crippen LogP contribution in [0.1, 0.15) is 37.6 Å². The molecule has 0 saturated carbocycles. The van der Waals surface area contributed by atoms with E-state index in [0.717, 1.165) is 18.6 Å². The first kappa shape index (κ1) is 16.5. The zero-order chi connectivity index (χ0) is 15.6. The second kappa shape index (κ2) is 5.80. The quantitative estimate of drug-likeness (QED) is 0.743. The fourth-order valence-electron chi connectivity index (χ4n) is 1.35. The molecule has 112 valence electrons. The van der Waals surface area contributed by atoms with Gasteiger partial charge in [-0.2, -0.15) is 0 Å². The van der Waals surface area contributed by atoms with E-state index in [2.05, 4.69) is 4.72 Å². The van der Waals surface area contributed by atoms with Gasteiger partial charge in [0.2, 0.25) is 10.0 Å². The van der Waals surface area contributed by atoms with E-state index in [-0.39, 0.29) is 16.9 Å². The van der Waals surface area contributed by atoms with Crippen LogP contribution in [0, 0.1) is 5.41 Å². The number of hydrogen-bond donors (Lipinski definition) is 3. The second-order valence-electron chi connectivity index (χ2n) is 5.33. The largest absolute Gasteiger partial charge is 0.507 e. The summed E-state index contributed by atoms with van der Waals surface area (Å²) in [5.74, 6) is -1.85. The van der Waals surface area contributed by atoms with E-state index in [9.17, 15) is 18.3 Å². The second-order valence-corrected chi connectivity index (χ2v) is 7.09. The van der Waals surface area contributed by atoms with Crippen LogP contribution < -0.4 is 4.72 Å². The van der Waals surface area contributed by atoms with Crippen LogP contribution in [-0.4, -0.2) is 31.1 Å². The standard InChI is InChI=1S/C13H19NO5S/c1-4-13(2,3)8-14-20(18,19)9-5-6-11(15)10(7-9)12(16)17/h5-7,14-15H,4,8H2,1-3H3,(H,16,17). The van der Waals surface area contributed by atoms with Gasteiger partial charge in [-0.05, 0) is 30.0 Å². The summed E-state index contributed by atoms with van der Waals surface area (Å²) in [7, 11) is -3.80. The molecule has 7 heteroatoms. The highest BCUT2D eigenvalue weighted by Crippen LogP contribution is 2.23. The molecule has 0 heterocycles. The molecule has 1 aromatic carbocycles. The van der Waals surface area contributed by atoms with Gasteiger partial charge >= 0.3 is 5.97 Å². The summed E-state index contributed by atoms with van der Waals surface area (Å²) in [5, 5.41) is 18.3. The van der Waals surface area contributed by atoms with Crippen LogP contribution in [0.4, 0.5) is 0 Å². The molecule has 0 unspecified atom stereocenters. The molecule has 3 N–H and O–H groups in total. The van der Waals surface area contributed by atoms with Crippen molar-refractivity contribution in [1.29, 1.82) is 0 Å². The van der Waals surface area contributed by atoms with E-state index in [1.165, 1.54) is 6.07 Å². The highest BCUT2D eigenvalue weighted by Gasteiger charge is 2.22. The van der Waals surface area contributed by atoms with Gasteiger partial charge in [-0.3, -0.25) is 0 Å². The lowest BCUT2D eigenvalue weighted by Crippen LogP contribution is -2.33.